The number of aliphatic carboxylic acids is 1. The fourth-order valence-corrected chi connectivity index (χ4v) is 4.63. The maximum absolute atomic E-state index is 13.8. The van der Waals surface area contributed by atoms with Gasteiger partial charge in [-0.3, -0.25) is 24.0 Å². The molecule has 1 heterocycles. The summed E-state index contributed by atoms with van der Waals surface area (Å²) in [7, 11) is 0. The van der Waals surface area contributed by atoms with E-state index in [0.29, 0.717) is 11.1 Å². The highest BCUT2D eigenvalue weighted by atomic mass is 16.5. The number of tetrazole rings is 1. The summed E-state index contributed by atoms with van der Waals surface area (Å²) in [6.45, 7) is 5.03. The van der Waals surface area contributed by atoms with Crippen molar-refractivity contribution in [2.75, 3.05) is 6.61 Å². The molecule has 0 spiro atoms. The van der Waals surface area contributed by atoms with Crippen LogP contribution in [0.25, 0.3) is 0 Å². The Kier molecular flexibility index (Phi) is 14.6. The van der Waals surface area contributed by atoms with Gasteiger partial charge in [-0.25, -0.2) is 4.79 Å². The van der Waals surface area contributed by atoms with Crippen LogP contribution in [0.4, 0.5) is 4.79 Å². The molecule has 3 rings (SSSR count). The quantitative estimate of drug-likeness (QED) is 0.103. The summed E-state index contributed by atoms with van der Waals surface area (Å²) in [5.74, 6) is -4.60. The van der Waals surface area contributed by atoms with Crippen LogP contribution >= 0.6 is 0 Å². The number of carboxylic acids is 1. The summed E-state index contributed by atoms with van der Waals surface area (Å²) < 4.78 is 10.2. The molecule has 17 nitrogen and oxygen atoms in total. The first kappa shape index (κ1) is 37.6. The molecule has 0 bridgehead atoms. The molecule has 17 heteroatoms. The van der Waals surface area contributed by atoms with Gasteiger partial charge in [-0.05, 0) is 24.0 Å². The van der Waals surface area contributed by atoms with Crippen molar-refractivity contribution in [1.82, 2.24) is 41.9 Å². The first-order valence-electron chi connectivity index (χ1n) is 15.5. The number of nitrogens with one attached hydrogen (secondary N) is 5. The molecule has 0 radical (unpaired) electrons. The monoisotopic (exact) mass is 680 g/mol. The molecule has 2 aromatic carbocycles. The molecule has 0 fully saturated rings. The van der Waals surface area contributed by atoms with Gasteiger partial charge in [-0.15, -0.1) is 10.2 Å². The Morgan fingerprint density at radius 2 is 1.49 bits per heavy atom. The average Bonchev–Trinajstić information content (AvgIpc) is 3.58. The molecule has 6 N–H and O–H groups in total. The van der Waals surface area contributed by atoms with Crippen LogP contribution in [0.1, 0.15) is 56.6 Å². The van der Waals surface area contributed by atoms with Crippen molar-refractivity contribution >= 4 is 35.8 Å². The number of aromatic amines is 1. The average molecular weight is 681 g/mol. The first-order chi connectivity index (χ1) is 23.5. The highest BCUT2D eigenvalue weighted by Crippen LogP contribution is 2.16. The van der Waals surface area contributed by atoms with Gasteiger partial charge in [0.05, 0.1) is 19.4 Å². The van der Waals surface area contributed by atoms with Crippen molar-refractivity contribution in [3.8, 4) is 0 Å². The number of esters is 1. The number of hydrogen-bond donors (Lipinski definition) is 6. The third kappa shape index (κ3) is 12.7. The molecule has 0 aliphatic carbocycles. The highest BCUT2D eigenvalue weighted by Gasteiger charge is 2.34. The molecule has 0 saturated heterocycles. The second-order valence-electron chi connectivity index (χ2n) is 11.2. The predicted molar refractivity (Wildman–Crippen MR) is 171 cm³/mol. The van der Waals surface area contributed by atoms with Crippen molar-refractivity contribution in [2.45, 2.75) is 70.8 Å². The summed E-state index contributed by atoms with van der Waals surface area (Å²) in [5, 5.41) is 33.2. The third-order valence-corrected chi connectivity index (χ3v) is 7.01. The molecule has 262 valence electrons. The fourth-order valence-electron chi connectivity index (χ4n) is 4.63. The maximum Gasteiger partial charge on any atom is 0.408 e. The number of nitrogens with zero attached hydrogens (tertiary/aromatic N) is 3. The lowest BCUT2D eigenvalue weighted by Crippen LogP contribution is -2.56. The standard InChI is InChI=1S/C32H40N8O9/c1-4-48-26(43)16-22(15-24-37-39-40-38-24)33-30(45)27(19(2)3)35-31(46)28(21-13-9-6-10-14-21)36-29(44)23(17-25(41)42)34-32(47)49-18-20-11-7-5-8-12-20/h5-14,19,22-23,27-28H,4,15-18H2,1-3H3,(H,33,45)(H,34,47)(H,35,46)(H,36,44)(H,41,42)(H,37,38,39,40)/t22-,23-,27-,28-/m0/s1. The highest BCUT2D eigenvalue weighted by molar-refractivity contribution is 5.95. The van der Waals surface area contributed by atoms with E-state index >= 15 is 0 Å². The van der Waals surface area contributed by atoms with Gasteiger partial charge in [0.15, 0.2) is 5.82 Å². The van der Waals surface area contributed by atoms with E-state index < -0.39 is 72.3 Å². The van der Waals surface area contributed by atoms with Crippen LogP contribution in [0.3, 0.4) is 0 Å². The number of hydrogen-bond acceptors (Lipinski definition) is 11. The van der Waals surface area contributed by atoms with Crippen LogP contribution in [0.15, 0.2) is 60.7 Å². The van der Waals surface area contributed by atoms with Crippen molar-refractivity contribution in [3.05, 3.63) is 77.6 Å². The zero-order chi connectivity index (χ0) is 35.8. The van der Waals surface area contributed by atoms with Gasteiger partial charge in [0, 0.05) is 12.5 Å². The lowest BCUT2D eigenvalue weighted by atomic mass is 9.99. The number of benzene rings is 2. The maximum atomic E-state index is 13.8. The lowest BCUT2D eigenvalue weighted by molar-refractivity contribution is -0.144. The van der Waals surface area contributed by atoms with Gasteiger partial charge in [0.1, 0.15) is 24.7 Å². The van der Waals surface area contributed by atoms with E-state index in [0.717, 1.165) is 0 Å². The molecule has 0 saturated carbocycles. The van der Waals surface area contributed by atoms with Crippen molar-refractivity contribution in [1.29, 1.82) is 0 Å². The minimum atomic E-state index is -1.61. The van der Waals surface area contributed by atoms with Crippen LogP contribution in [-0.2, 0) is 46.5 Å². The number of ether oxygens (including phenoxy) is 2. The van der Waals surface area contributed by atoms with Crippen molar-refractivity contribution in [2.24, 2.45) is 5.92 Å². The molecule has 0 aliphatic heterocycles. The van der Waals surface area contributed by atoms with Crippen molar-refractivity contribution < 1.29 is 43.3 Å². The molecule has 3 aromatic rings. The molecule has 4 atom stereocenters. The van der Waals surface area contributed by atoms with E-state index in [4.69, 9.17) is 9.47 Å². The smallest absolute Gasteiger partial charge is 0.408 e. The first-order valence-corrected chi connectivity index (χ1v) is 15.5. The Morgan fingerprint density at radius 3 is 2.08 bits per heavy atom. The van der Waals surface area contributed by atoms with Gasteiger partial charge >= 0.3 is 18.0 Å². The Morgan fingerprint density at radius 1 is 0.816 bits per heavy atom. The van der Waals surface area contributed by atoms with E-state index in [2.05, 4.69) is 41.9 Å². The predicted octanol–water partition coefficient (Wildman–Crippen LogP) is 0.948. The molecule has 49 heavy (non-hydrogen) atoms. The number of aromatic nitrogens is 4. The summed E-state index contributed by atoms with van der Waals surface area (Å²) >= 11 is 0. The summed E-state index contributed by atoms with van der Waals surface area (Å²) in [6.07, 6.45) is -2.02. The Bertz CT molecular complexity index is 1540. The number of carbonyl (C=O) groups excluding carboxylic acids is 5. The Labute approximate surface area is 281 Å². The van der Waals surface area contributed by atoms with E-state index in [9.17, 15) is 33.9 Å². The van der Waals surface area contributed by atoms with E-state index in [1.807, 2.05) is 0 Å². The molecule has 4 amide bonds. The number of amides is 4. The zero-order valence-electron chi connectivity index (χ0n) is 27.3. The second-order valence-corrected chi connectivity index (χ2v) is 11.2. The molecular weight excluding hydrogens is 640 g/mol. The number of carbonyl (C=O) groups is 6. The van der Waals surface area contributed by atoms with Crippen LogP contribution < -0.4 is 21.3 Å². The second kappa shape index (κ2) is 19.1. The number of alkyl carbamates (subject to hydrolysis) is 1. The van der Waals surface area contributed by atoms with Crippen LogP contribution in [0, 0.1) is 5.92 Å². The largest absolute Gasteiger partial charge is 0.481 e. The number of rotatable bonds is 18. The normalized spacial score (nSPS) is 13.2. The summed E-state index contributed by atoms with van der Waals surface area (Å²) in [6, 6.07) is 11.8. The summed E-state index contributed by atoms with van der Waals surface area (Å²) in [5.41, 5.74) is 0.984. The van der Waals surface area contributed by atoms with Crippen LogP contribution in [-0.4, -0.2) is 86.2 Å². The zero-order valence-corrected chi connectivity index (χ0v) is 27.3. The van der Waals surface area contributed by atoms with Gasteiger partial charge in [0.2, 0.25) is 17.7 Å². The topological polar surface area (TPSA) is 244 Å². The fraction of sp³-hybridized carbons (Fsp3) is 0.406. The third-order valence-electron chi connectivity index (χ3n) is 7.01. The minimum absolute atomic E-state index is 0.0360. The Balaban J connectivity index is 1.77. The van der Waals surface area contributed by atoms with Gasteiger partial charge < -0.3 is 35.8 Å². The number of carboxylic acid groups (broad SMARTS) is 1. The SMILES string of the molecule is CCOC(=O)C[C@H](Cc1nn[nH]n1)NC(=O)[C@@H](NC(=O)[C@@H](NC(=O)[C@H](CC(=O)O)NC(=O)OCc1ccccc1)c1ccccc1)C(C)C. The molecule has 1 aromatic heterocycles. The molecular formula is C32H40N8O9. The number of H-pyrrole nitrogens is 1. The van der Waals surface area contributed by atoms with Gasteiger partial charge in [-0.1, -0.05) is 79.7 Å². The van der Waals surface area contributed by atoms with E-state index in [1.54, 1.807) is 81.4 Å². The van der Waals surface area contributed by atoms with Gasteiger partial charge in [0.25, 0.3) is 0 Å². The molecule has 0 unspecified atom stereocenters. The van der Waals surface area contributed by atoms with Crippen LogP contribution in [0.2, 0.25) is 0 Å². The van der Waals surface area contributed by atoms with Crippen molar-refractivity contribution in [3.63, 3.8) is 0 Å². The minimum Gasteiger partial charge on any atom is -0.481 e. The van der Waals surface area contributed by atoms with Gasteiger partial charge in [-0.2, -0.15) is 5.21 Å². The Hall–Kier alpha value is -5.87. The summed E-state index contributed by atoms with van der Waals surface area (Å²) in [4.78, 5) is 77.1. The molecule has 0 aliphatic rings. The van der Waals surface area contributed by atoms with E-state index in [1.165, 1.54) is 0 Å². The lowest BCUT2D eigenvalue weighted by Gasteiger charge is -2.28. The van der Waals surface area contributed by atoms with Crippen LogP contribution in [0.5, 0.6) is 0 Å². The van der Waals surface area contributed by atoms with E-state index in [-0.39, 0.29) is 31.9 Å².